The summed E-state index contributed by atoms with van der Waals surface area (Å²) >= 11 is 1.96. The van der Waals surface area contributed by atoms with Crippen LogP contribution in [0.1, 0.15) is 20.3 Å². The third kappa shape index (κ3) is 2.83. The zero-order chi connectivity index (χ0) is 13.2. The van der Waals surface area contributed by atoms with E-state index >= 15 is 0 Å². The van der Waals surface area contributed by atoms with Crippen molar-refractivity contribution in [2.45, 2.75) is 25.0 Å². The van der Waals surface area contributed by atoms with Crippen molar-refractivity contribution in [2.24, 2.45) is 5.41 Å². The van der Waals surface area contributed by atoms with Gasteiger partial charge in [0.05, 0.1) is 12.0 Å². The molecule has 0 bridgehead atoms. The molecule has 0 aliphatic carbocycles. The highest BCUT2D eigenvalue weighted by atomic mass is 32.2. The van der Waals surface area contributed by atoms with E-state index in [9.17, 15) is 4.79 Å². The number of rotatable bonds is 3. The van der Waals surface area contributed by atoms with Crippen molar-refractivity contribution in [3.05, 3.63) is 0 Å². The van der Waals surface area contributed by atoms with Crippen molar-refractivity contribution < 1.29 is 9.53 Å². The molecule has 5 heteroatoms. The van der Waals surface area contributed by atoms with Gasteiger partial charge in [-0.2, -0.15) is 11.8 Å². The van der Waals surface area contributed by atoms with Crippen LogP contribution in [0, 0.1) is 5.41 Å². The summed E-state index contributed by atoms with van der Waals surface area (Å²) in [4.78, 5) is 14.8. The molecular formula is C13H24N2O2S. The SMILES string of the molecule is COCC1(C(=O)N2CCSC(C)(C)C2)CCNC1. The largest absolute Gasteiger partial charge is 0.384 e. The van der Waals surface area contributed by atoms with Gasteiger partial charge in [0.1, 0.15) is 0 Å². The summed E-state index contributed by atoms with van der Waals surface area (Å²) in [6.45, 7) is 8.36. The minimum absolute atomic E-state index is 0.175. The van der Waals surface area contributed by atoms with Crippen LogP contribution < -0.4 is 5.32 Å². The monoisotopic (exact) mass is 272 g/mol. The van der Waals surface area contributed by atoms with Gasteiger partial charge in [0.2, 0.25) is 5.91 Å². The fraction of sp³-hybridized carbons (Fsp3) is 0.923. The van der Waals surface area contributed by atoms with E-state index in [1.807, 2.05) is 16.7 Å². The first-order valence-corrected chi connectivity index (χ1v) is 7.61. The van der Waals surface area contributed by atoms with Gasteiger partial charge in [0, 0.05) is 37.2 Å². The van der Waals surface area contributed by atoms with Gasteiger partial charge in [0.15, 0.2) is 0 Å². The second-order valence-electron chi connectivity index (χ2n) is 5.97. The van der Waals surface area contributed by atoms with E-state index in [0.29, 0.717) is 6.61 Å². The van der Waals surface area contributed by atoms with E-state index in [1.54, 1.807) is 7.11 Å². The van der Waals surface area contributed by atoms with Gasteiger partial charge in [-0.25, -0.2) is 0 Å². The number of thioether (sulfide) groups is 1. The maximum Gasteiger partial charge on any atom is 0.232 e. The van der Waals surface area contributed by atoms with Gasteiger partial charge in [-0.3, -0.25) is 4.79 Å². The maximum absolute atomic E-state index is 12.8. The number of amides is 1. The van der Waals surface area contributed by atoms with Crippen LogP contribution in [-0.2, 0) is 9.53 Å². The Balaban J connectivity index is 2.09. The summed E-state index contributed by atoms with van der Waals surface area (Å²) < 4.78 is 5.48. The molecule has 0 aromatic carbocycles. The van der Waals surface area contributed by atoms with Crippen molar-refractivity contribution in [1.29, 1.82) is 0 Å². The van der Waals surface area contributed by atoms with E-state index in [4.69, 9.17) is 4.74 Å². The molecule has 2 heterocycles. The Morgan fingerprint density at radius 3 is 2.83 bits per heavy atom. The van der Waals surface area contributed by atoms with Crippen molar-refractivity contribution in [2.75, 3.05) is 45.6 Å². The second kappa shape index (κ2) is 5.39. The fourth-order valence-corrected chi connectivity index (χ4v) is 4.02. The Labute approximate surface area is 114 Å². The predicted molar refractivity (Wildman–Crippen MR) is 74.9 cm³/mol. The Kier molecular flexibility index (Phi) is 4.24. The molecule has 0 aromatic heterocycles. The molecule has 0 radical (unpaired) electrons. The van der Waals surface area contributed by atoms with E-state index in [0.717, 1.165) is 38.4 Å². The van der Waals surface area contributed by atoms with E-state index in [-0.39, 0.29) is 16.1 Å². The van der Waals surface area contributed by atoms with Gasteiger partial charge in [0.25, 0.3) is 0 Å². The van der Waals surface area contributed by atoms with Crippen LogP contribution in [0.25, 0.3) is 0 Å². The van der Waals surface area contributed by atoms with Crippen molar-refractivity contribution >= 4 is 17.7 Å². The quantitative estimate of drug-likeness (QED) is 0.831. The molecule has 0 spiro atoms. The fourth-order valence-electron chi connectivity index (χ4n) is 2.91. The summed E-state index contributed by atoms with van der Waals surface area (Å²) in [7, 11) is 1.68. The molecule has 2 aliphatic rings. The van der Waals surface area contributed by atoms with Gasteiger partial charge >= 0.3 is 0 Å². The minimum atomic E-state index is -0.327. The first-order chi connectivity index (χ1) is 8.49. The zero-order valence-electron chi connectivity index (χ0n) is 11.6. The average Bonchev–Trinajstić information content (AvgIpc) is 2.77. The lowest BCUT2D eigenvalue weighted by atomic mass is 9.86. The van der Waals surface area contributed by atoms with Crippen LogP contribution in [0.3, 0.4) is 0 Å². The van der Waals surface area contributed by atoms with Crippen LogP contribution in [0.15, 0.2) is 0 Å². The highest BCUT2D eigenvalue weighted by molar-refractivity contribution is 8.00. The van der Waals surface area contributed by atoms with Crippen molar-refractivity contribution in [3.8, 4) is 0 Å². The first-order valence-electron chi connectivity index (χ1n) is 6.62. The first kappa shape index (κ1) is 14.2. The van der Waals surface area contributed by atoms with E-state index in [2.05, 4.69) is 19.2 Å². The molecular weight excluding hydrogens is 248 g/mol. The molecule has 0 aromatic rings. The Morgan fingerprint density at radius 1 is 1.50 bits per heavy atom. The zero-order valence-corrected chi connectivity index (χ0v) is 12.4. The van der Waals surface area contributed by atoms with E-state index in [1.165, 1.54) is 0 Å². The number of nitrogens with one attached hydrogen (secondary N) is 1. The third-order valence-corrected chi connectivity index (χ3v) is 5.13. The Bertz CT molecular complexity index is 314. The second-order valence-corrected chi connectivity index (χ2v) is 7.78. The molecule has 1 N–H and O–H groups in total. The predicted octanol–water partition coefficient (Wildman–Crippen LogP) is 0.967. The molecule has 104 valence electrons. The number of nitrogens with zero attached hydrogens (tertiary/aromatic N) is 1. The maximum atomic E-state index is 12.8. The number of hydrogen-bond donors (Lipinski definition) is 1. The summed E-state index contributed by atoms with van der Waals surface area (Å²) in [6, 6.07) is 0. The van der Waals surface area contributed by atoms with Gasteiger partial charge in [-0.05, 0) is 26.8 Å². The van der Waals surface area contributed by atoms with Crippen molar-refractivity contribution in [1.82, 2.24) is 10.2 Å². The molecule has 2 aliphatic heterocycles. The van der Waals surface area contributed by atoms with Crippen LogP contribution in [0.2, 0.25) is 0 Å². The molecule has 2 rings (SSSR count). The van der Waals surface area contributed by atoms with Crippen LogP contribution >= 0.6 is 11.8 Å². The third-order valence-electron chi connectivity index (χ3n) is 3.83. The van der Waals surface area contributed by atoms with Gasteiger partial charge in [-0.1, -0.05) is 0 Å². The summed E-state index contributed by atoms with van der Waals surface area (Å²) in [5.74, 6) is 1.32. The lowest BCUT2D eigenvalue weighted by Crippen LogP contribution is -2.53. The normalized spacial score (nSPS) is 31.6. The van der Waals surface area contributed by atoms with Gasteiger partial charge < -0.3 is 15.0 Å². The summed E-state index contributed by atoms with van der Waals surface area (Å²) in [5, 5.41) is 3.31. The number of methoxy groups -OCH3 is 1. The topological polar surface area (TPSA) is 41.6 Å². The number of carbonyl (C=O) groups is 1. The lowest BCUT2D eigenvalue weighted by molar-refractivity contribution is -0.144. The minimum Gasteiger partial charge on any atom is -0.384 e. The number of ether oxygens (including phenoxy) is 1. The van der Waals surface area contributed by atoms with Crippen LogP contribution in [0.5, 0.6) is 0 Å². The van der Waals surface area contributed by atoms with E-state index < -0.39 is 0 Å². The number of hydrogen-bond acceptors (Lipinski definition) is 4. The van der Waals surface area contributed by atoms with Crippen molar-refractivity contribution in [3.63, 3.8) is 0 Å². The summed E-state index contributed by atoms with van der Waals surface area (Å²) in [6.07, 6.45) is 0.893. The molecule has 1 amide bonds. The molecule has 1 unspecified atom stereocenters. The summed E-state index contributed by atoms with van der Waals surface area (Å²) in [5.41, 5.74) is -0.327. The lowest BCUT2D eigenvalue weighted by Gasteiger charge is -2.41. The van der Waals surface area contributed by atoms with Crippen LogP contribution in [0.4, 0.5) is 0 Å². The molecule has 18 heavy (non-hydrogen) atoms. The standard InChI is InChI=1S/C13H24N2O2S/c1-12(2)9-15(6-7-18-12)11(16)13(10-17-3)4-5-14-8-13/h14H,4-10H2,1-3H3. The number of carbonyl (C=O) groups excluding carboxylic acids is 1. The molecule has 2 saturated heterocycles. The Hall–Kier alpha value is -0.260. The van der Waals surface area contributed by atoms with Gasteiger partial charge in [-0.15, -0.1) is 0 Å². The Morgan fingerprint density at radius 2 is 2.28 bits per heavy atom. The molecule has 2 fully saturated rings. The highest BCUT2D eigenvalue weighted by Gasteiger charge is 2.45. The smallest absolute Gasteiger partial charge is 0.232 e. The average molecular weight is 272 g/mol. The highest BCUT2D eigenvalue weighted by Crippen LogP contribution is 2.34. The molecule has 0 saturated carbocycles. The molecule has 1 atom stereocenters. The van der Waals surface area contributed by atoms with Crippen LogP contribution in [-0.4, -0.2) is 61.2 Å². The molecule has 4 nitrogen and oxygen atoms in total.